The highest BCUT2D eigenvalue weighted by Gasteiger charge is 2.42. The highest BCUT2D eigenvalue weighted by molar-refractivity contribution is 5.49. The van der Waals surface area contributed by atoms with Gasteiger partial charge >= 0.3 is 0 Å². The first-order valence-electron chi connectivity index (χ1n) is 12.2. The molecular weight excluding hydrogens is 396 g/mol. The van der Waals surface area contributed by atoms with Crippen molar-refractivity contribution in [1.29, 1.82) is 0 Å². The van der Waals surface area contributed by atoms with E-state index < -0.39 is 0 Å². The van der Waals surface area contributed by atoms with Crippen LogP contribution >= 0.6 is 0 Å². The van der Waals surface area contributed by atoms with Crippen molar-refractivity contribution in [3.8, 4) is 0 Å². The maximum absolute atomic E-state index is 4.04. The summed E-state index contributed by atoms with van der Waals surface area (Å²) in [7, 11) is 0. The number of hydrogen-bond acceptors (Lipinski definition) is 6. The normalized spacial score (nSPS) is 24.0. The molecule has 0 aliphatic carbocycles. The summed E-state index contributed by atoms with van der Waals surface area (Å²) in [5.41, 5.74) is 2.93. The van der Waals surface area contributed by atoms with Crippen LogP contribution in [0.4, 0.5) is 0 Å². The number of nitrogens with zero attached hydrogens (tertiary/aromatic N) is 6. The molecule has 32 heavy (non-hydrogen) atoms. The second-order valence-electron chi connectivity index (χ2n) is 9.61. The van der Waals surface area contributed by atoms with Crippen LogP contribution < -0.4 is 0 Å². The molecule has 168 valence electrons. The van der Waals surface area contributed by atoms with Crippen LogP contribution in [-0.2, 0) is 0 Å². The van der Waals surface area contributed by atoms with Crippen molar-refractivity contribution in [3.05, 3.63) is 60.7 Å². The minimum absolute atomic E-state index is 0.357. The van der Waals surface area contributed by atoms with Crippen LogP contribution in [0.2, 0.25) is 0 Å². The van der Waals surface area contributed by atoms with Crippen LogP contribution in [0.15, 0.2) is 49.6 Å². The molecule has 0 spiro atoms. The number of aromatic nitrogens is 4. The van der Waals surface area contributed by atoms with Gasteiger partial charge in [0.15, 0.2) is 0 Å². The number of fused-ring (bicyclic) bond motifs is 2. The molecule has 6 nitrogen and oxygen atoms in total. The molecule has 4 aliphatic rings. The third kappa shape index (κ3) is 4.52. The molecular formula is C26H34N6. The zero-order chi connectivity index (χ0) is 21.7. The quantitative estimate of drug-likeness (QED) is 0.723. The molecule has 4 fully saturated rings. The monoisotopic (exact) mass is 430 g/mol. The Morgan fingerprint density at radius 3 is 1.25 bits per heavy atom. The number of rotatable bonds is 4. The van der Waals surface area contributed by atoms with Gasteiger partial charge in [0.1, 0.15) is 12.7 Å². The highest BCUT2D eigenvalue weighted by Crippen LogP contribution is 2.41. The second-order valence-corrected chi connectivity index (χ2v) is 9.61. The standard InChI is InChI=1S/2C13H17N3/c2*1-4-13(5-2-8-16(13)7-1)6-3-12-9-14-11-15-10-12/h2*3,6,9-11H,1-2,4-5,7-8H2/b6-3+;6-3-. The molecule has 2 aromatic heterocycles. The smallest absolute Gasteiger partial charge is 0.115 e. The lowest BCUT2D eigenvalue weighted by Gasteiger charge is -2.28. The fraction of sp³-hybridized carbons (Fsp3) is 0.538. The third-order valence-corrected chi connectivity index (χ3v) is 7.74. The molecule has 0 saturated carbocycles. The van der Waals surface area contributed by atoms with Crippen LogP contribution in [0.1, 0.15) is 62.5 Å². The van der Waals surface area contributed by atoms with E-state index in [2.05, 4.69) is 54.0 Å². The molecule has 0 bridgehead atoms. The Labute approximate surface area is 191 Å². The van der Waals surface area contributed by atoms with Crippen LogP contribution in [0.3, 0.4) is 0 Å². The summed E-state index contributed by atoms with van der Waals surface area (Å²) in [5, 5.41) is 0. The van der Waals surface area contributed by atoms with Gasteiger partial charge in [0.2, 0.25) is 0 Å². The zero-order valence-electron chi connectivity index (χ0n) is 18.9. The van der Waals surface area contributed by atoms with Crippen LogP contribution in [0, 0.1) is 0 Å². The molecule has 0 aromatic carbocycles. The van der Waals surface area contributed by atoms with Gasteiger partial charge in [0, 0.05) is 47.0 Å². The van der Waals surface area contributed by atoms with E-state index in [0.717, 1.165) is 11.1 Å². The largest absolute Gasteiger partial charge is 0.294 e. The summed E-state index contributed by atoms with van der Waals surface area (Å²) in [6.45, 7) is 5.09. The Balaban J connectivity index is 0.000000135. The maximum atomic E-state index is 4.04. The fourth-order valence-electron chi connectivity index (χ4n) is 6.14. The Morgan fingerprint density at radius 2 is 0.906 bits per heavy atom. The first-order valence-corrected chi connectivity index (χ1v) is 12.2. The average Bonchev–Trinajstić information content (AvgIpc) is 3.59. The Bertz CT molecular complexity index is 828. The Morgan fingerprint density at radius 1 is 0.562 bits per heavy atom. The predicted molar refractivity (Wildman–Crippen MR) is 128 cm³/mol. The van der Waals surface area contributed by atoms with Crippen molar-refractivity contribution in [2.24, 2.45) is 0 Å². The molecule has 2 aromatic rings. The van der Waals surface area contributed by atoms with Gasteiger partial charge in [-0.1, -0.05) is 24.3 Å². The Hall–Kier alpha value is -2.44. The summed E-state index contributed by atoms with van der Waals surface area (Å²) in [4.78, 5) is 21.4. The van der Waals surface area contributed by atoms with Crippen molar-refractivity contribution in [3.63, 3.8) is 0 Å². The fourth-order valence-corrected chi connectivity index (χ4v) is 6.14. The molecule has 0 amide bonds. The van der Waals surface area contributed by atoms with E-state index in [0.29, 0.717) is 11.1 Å². The van der Waals surface area contributed by atoms with Gasteiger partial charge in [-0.25, -0.2) is 19.9 Å². The minimum atomic E-state index is 0.357. The lowest BCUT2D eigenvalue weighted by molar-refractivity contribution is 0.251. The van der Waals surface area contributed by atoms with Gasteiger partial charge < -0.3 is 0 Å². The van der Waals surface area contributed by atoms with E-state index in [1.807, 2.05) is 24.8 Å². The van der Waals surface area contributed by atoms with Gasteiger partial charge in [-0.15, -0.1) is 0 Å². The van der Waals surface area contributed by atoms with E-state index in [1.165, 1.54) is 77.5 Å². The molecule has 0 atom stereocenters. The third-order valence-electron chi connectivity index (χ3n) is 7.74. The van der Waals surface area contributed by atoms with Gasteiger partial charge in [-0.2, -0.15) is 0 Å². The molecule has 0 N–H and O–H groups in total. The molecule has 6 heterocycles. The van der Waals surface area contributed by atoms with Gasteiger partial charge in [0.05, 0.1) is 0 Å². The SMILES string of the molecule is C(=C/C12CCCN1CCC2)/c1cncnc1.C(=C\C12CCCN1CCC2)/c1cncnc1. The van der Waals surface area contributed by atoms with E-state index in [1.54, 1.807) is 12.7 Å². The first kappa shape index (κ1) is 21.4. The summed E-state index contributed by atoms with van der Waals surface area (Å²) in [5.74, 6) is 0. The summed E-state index contributed by atoms with van der Waals surface area (Å²) >= 11 is 0. The topological polar surface area (TPSA) is 58.0 Å². The van der Waals surface area contributed by atoms with Crippen molar-refractivity contribution >= 4 is 12.2 Å². The summed E-state index contributed by atoms with van der Waals surface area (Å²) < 4.78 is 0. The minimum Gasteiger partial charge on any atom is -0.294 e. The molecule has 4 saturated heterocycles. The Kier molecular flexibility index (Phi) is 6.42. The highest BCUT2D eigenvalue weighted by atomic mass is 15.2. The lowest BCUT2D eigenvalue weighted by Crippen LogP contribution is -2.35. The number of hydrogen-bond donors (Lipinski definition) is 0. The summed E-state index contributed by atoms with van der Waals surface area (Å²) in [6.07, 6.45) is 30.4. The van der Waals surface area contributed by atoms with Gasteiger partial charge in [-0.05, 0) is 77.5 Å². The van der Waals surface area contributed by atoms with E-state index in [9.17, 15) is 0 Å². The van der Waals surface area contributed by atoms with Crippen molar-refractivity contribution in [2.45, 2.75) is 62.4 Å². The van der Waals surface area contributed by atoms with Gasteiger partial charge in [0.25, 0.3) is 0 Å². The summed E-state index contributed by atoms with van der Waals surface area (Å²) in [6, 6.07) is 0. The molecule has 6 rings (SSSR count). The van der Waals surface area contributed by atoms with Crippen molar-refractivity contribution in [2.75, 3.05) is 26.2 Å². The second kappa shape index (κ2) is 9.59. The van der Waals surface area contributed by atoms with Crippen LogP contribution in [0.5, 0.6) is 0 Å². The van der Waals surface area contributed by atoms with Crippen LogP contribution in [-0.4, -0.2) is 67.0 Å². The van der Waals surface area contributed by atoms with Crippen LogP contribution in [0.25, 0.3) is 12.2 Å². The first-order chi connectivity index (χ1) is 15.8. The lowest BCUT2D eigenvalue weighted by atomic mass is 9.93. The average molecular weight is 431 g/mol. The molecule has 6 heteroatoms. The van der Waals surface area contributed by atoms with E-state index >= 15 is 0 Å². The van der Waals surface area contributed by atoms with Crippen molar-refractivity contribution in [1.82, 2.24) is 29.7 Å². The molecule has 4 aliphatic heterocycles. The predicted octanol–water partition coefficient (Wildman–Crippen LogP) is 4.24. The van der Waals surface area contributed by atoms with E-state index in [4.69, 9.17) is 0 Å². The molecule has 0 radical (unpaired) electrons. The maximum Gasteiger partial charge on any atom is 0.115 e. The zero-order valence-corrected chi connectivity index (χ0v) is 18.9. The molecule has 0 unspecified atom stereocenters. The van der Waals surface area contributed by atoms with E-state index in [-0.39, 0.29) is 0 Å². The van der Waals surface area contributed by atoms with Gasteiger partial charge in [-0.3, -0.25) is 9.80 Å². The van der Waals surface area contributed by atoms with Crippen molar-refractivity contribution < 1.29 is 0 Å².